The van der Waals surface area contributed by atoms with Gasteiger partial charge in [0.25, 0.3) is 0 Å². The highest BCUT2D eigenvalue weighted by Crippen LogP contribution is 2.52. The maximum absolute atomic E-state index is 14.4. The van der Waals surface area contributed by atoms with Crippen molar-refractivity contribution in [2.75, 3.05) is 33.0 Å². The molecule has 0 bridgehead atoms. The first-order valence-electron chi connectivity index (χ1n) is 17.4. The monoisotopic (exact) mass is 827 g/mol. The normalized spacial score (nSPS) is 20.6. The summed E-state index contributed by atoms with van der Waals surface area (Å²) in [5.74, 6) is 3.15. The van der Waals surface area contributed by atoms with Crippen LogP contribution in [0.1, 0.15) is 43.0 Å². The molecule has 4 aliphatic rings. The minimum absolute atomic E-state index is 0.0179. The summed E-state index contributed by atoms with van der Waals surface area (Å²) in [6.45, 7) is 7.97. The van der Waals surface area contributed by atoms with Crippen LogP contribution in [-0.4, -0.2) is 59.7 Å². The second-order valence-corrected chi connectivity index (χ2v) is 16.0. The van der Waals surface area contributed by atoms with Gasteiger partial charge in [0, 0.05) is 32.9 Å². The van der Waals surface area contributed by atoms with Crippen molar-refractivity contribution in [1.82, 2.24) is 15.0 Å². The number of rotatable bonds is 3. The Morgan fingerprint density at radius 1 is 0.800 bits per heavy atom. The van der Waals surface area contributed by atoms with Crippen LogP contribution in [0.2, 0.25) is 5.15 Å². The topological polar surface area (TPSA) is 162 Å². The number of aromatic nitrogens is 3. The fourth-order valence-corrected chi connectivity index (χ4v) is 7.45. The molecule has 9 rings (SSSR count). The average molecular weight is 829 g/mol. The second-order valence-electron chi connectivity index (χ2n) is 14.7. The molecular formula is C40H36BrClFN7O5. The smallest absolute Gasteiger partial charge is 0.225 e. The molecular weight excluding hydrogens is 793 g/mol. The van der Waals surface area contributed by atoms with Crippen LogP contribution in [0.5, 0.6) is 28.9 Å². The molecule has 282 valence electrons. The Labute approximate surface area is 329 Å². The summed E-state index contributed by atoms with van der Waals surface area (Å²) in [6.07, 6.45) is 4.66. The first kappa shape index (κ1) is 36.8. The average Bonchev–Trinajstić information content (AvgIpc) is 3.15. The number of fused-ring (bicyclic) bond motifs is 8. The van der Waals surface area contributed by atoms with Crippen molar-refractivity contribution in [3.05, 3.63) is 117 Å². The molecule has 2 spiro atoms. The van der Waals surface area contributed by atoms with Gasteiger partial charge in [0.2, 0.25) is 11.8 Å². The highest BCUT2D eigenvalue weighted by Gasteiger charge is 2.47. The fourth-order valence-electron chi connectivity index (χ4n) is 6.93. The van der Waals surface area contributed by atoms with E-state index in [2.05, 4.69) is 51.7 Å². The van der Waals surface area contributed by atoms with Crippen LogP contribution in [-0.2, 0) is 20.6 Å². The lowest BCUT2D eigenvalue weighted by Gasteiger charge is -2.39. The predicted octanol–water partition coefficient (Wildman–Crippen LogP) is 7.68. The number of aliphatic imine (C=N–C) groups is 2. The zero-order chi connectivity index (χ0) is 38.5. The van der Waals surface area contributed by atoms with Gasteiger partial charge >= 0.3 is 0 Å². The predicted molar refractivity (Wildman–Crippen MR) is 209 cm³/mol. The van der Waals surface area contributed by atoms with Crippen LogP contribution in [0.25, 0.3) is 11.1 Å². The van der Waals surface area contributed by atoms with E-state index in [4.69, 9.17) is 56.7 Å². The van der Waals surface area contributed by atoms with E-state index >= 15 is 0 Å². The Balaban J connectivity index is 0.000000168. The zero-order valence-corrected chi connectivity index (χ0v) is 32.4. The van der Waals surface area contributed by atoms with Crippen molar-refractivity contribution >= 4 is 39.2 Å². The molecule has 55 heavy (non-hydrogen) atoms. The number of nitrogens with zero attached hydrogens (tertiary/aromatic N) is 5. The van der Waals surface area contributed by atoms with Gasteiger partial charge in [-0.15, -0.1) is 0 Å². The summed E-state index contributed by atoms with van der Waals surface area (Å²) < 4.78 is 44.9. The molecule has 5 aromatic rings. The van der Waals surface area contributed by atoms with Crippen LogP contribution in [0, 0.1) is 11.4 Å². The summed E-state index contributed by atoms with van der Waals surface area (Å²) in [4.78, 5) is 21.9. The van der Waals surface area contributed by atoms with Crippen molar-refractivity contribution in [3.63, 3.8) is 0 Å². The molecule has 2 atom stereocenters. The molecule has 12 nitrogen and oxygen atoms in total. The van der Waals surface area contributed by atoms with Gasteiger partial charge in [-0.3, -0.25) is 9.98 Å². The summed E-state index contributed by atoms with van der Waals surface area (Å²) >= 11 is 9.57. The van der Waals surface area contributed by atoms with Gasteiger partial charge in [0.05, 0.1) is 37.8 Å². The first-order valence-corrected chi connectivity index (χ1v) is 18.6. The third kappa shape index (κ3) is 6.99. The van der Waals surface area contributed by atoms with Crippen molar-refractivity contribution in [3.8, 4) is 40.0 Å². The Bertz CT molecular complexity index is 2340. The summed E-state index contributed by atoms with van der Waals surface area (Å²) in [7, 11) is 0. The molecule has 0 amide bonds. The van der Waals surface area contributed by atoms with Gasteiger partial charge in [0.1, 0.15) is 58.4 Å². The minimum Gasteiger partial charge on any atom is -0.491 e. The van der Waals surface area contributed by atoms with E-state index in [0.29, 0.717) is 87.8 Å². The third-order valence-corrected chi connectivity index (χ3v) is 10.0. The Kier molecular flexibility index (Phi) is 9.48. The van der Waals surface area contributed by atoms with Crippen molar-refractivity contribution < 1.29 is 28.1 Å². The van der Waals surface area contributed by atoms with Crippen LogP contribution in [0.3, 0.4) is 0 Å². The molecule has 0 radical (unpaired) electrons. The van der Waals surface area contributed by atoms with Crippen molar-refractivity contribution in [2.45, 2.75) is 31.8 Å². The summed E-state index contributed by atoms with van der Waals surface area (Å²) in [5.41, 5.74) is 14.5. The molecule has 4 aliphatic heterocycles. The molecule has 0 saturated heterocycles. The summed E-state index contributed by atoms with van der Waals surface area (Å²) in [5, 5.41) is 0.375. The van der Waals surface area contributed by atoms with Gasteiger partial charge in [-0.05, 0) is 65.6 Å². The Morgan fingerprint density at radius 2 is 1.47 bits per heavy atom. The fraction of sp³-hybridized carbons (Fsp3) is 0.275. The lowest BCUT2D eigenvalue weighted by Crippen LogP contribution is -2.42. The largest absolute Gasteiger partial charge is 0.491 e. The maximum atomic E-state index is 14.4. The molecule has 0 saturated carbocycles. The lowest BCUT2D eigenvalue weighted by molar-refractivity contribution is 0.109. The number of amidine groups is 2. The molecule has 0 unspecified atom stereocenters. The molecule has 0 fully saturated rings. The highest BCUT2D eigenvalue weighted by atomic mass is 79.9. The second kappa shape index (κ2) is 14.2. The van der Waals surface area contributed by atoms with E-state index in [1.54, 1.807) is 42.7 Å². The zero-order valence-electron chi connectivity index (χ0n) is 30.1. The van der Waals surface area contributed by atoms with Crippen molar-refractivity contribution in [2.24, 2.45) is 26.9 Å². The van der Waals surface area contributed by atoms with E-state index < -0.39 is 17.0 Å². The minimum atomic E-state index is -0.992. The quantitative estimate of drug-likeness (QED) is 0.173. The molecule has 7 heterocycles. The number of nitrogens with two attached hydrogens (primary N) is 2. The van der Waals surface area contributed by atoms with E-state index in [-0.39, 0.29) is 18.6 Å². The van der Waals surface area contributed by atoms with E-state index in [1.807, 2.05) is 30.3 Å². The van der Waals surface area contributed by atoms with Gasteiger partial charge in [-0.2, -0.15) is 4.39 Å². The van der Waals surface area contributed by atoms with Crippen LogP contribution < -0.4 is 25.7 Å². The van der Waals surface area contributed by atoms with Gasteiger partial charge in [-0.25, -0.2) is 15.0 Å². The van der Waals surface area contributed by atoms with Crippen LogP contribution in [0.15, 0.2) is 93.7 Å². The van der Waals surface area contributed by atoms with Gasteiger partial charge in [-0.1, -0.05) is 54.4 Å². The maximum Gasteiger partial charge on any atom is 0.225 e. The number of hydrogen-bond donors (Lipinski definition) is 2. The number of halogens is 3. The van der Waals surface area contributed by atoms with Gasteiger partial charge < -0.3 is 35.2 Å². The molecule has 15 heteroatoms. The summed E-state index contributed by atoms with van der Waals surface area (Å²) in [6, 6.07) is 18.2. The number of hydrogen-bond acceptors (Lipinski definition) is 12. The first-order chi connectivity index (χ1) is 26.3. The SMILES string of the molecule is CC(C)(C)COc1cnc2c(c1)[C@]1(COCC(N)=N1)c1cc(-c3cccnc3F)ccc1O2.NC1=N[C@@]2(COC1)c1cc(Br)ccc1Oc1cnc(Cl)cc12. The molecule has 3 aromatic heterocycles. The Hall–Kier alpha value is -5.15. The third-order valence-electron chi connectivity index (χ3n) is 9.32. The van der Waals surface area contributed by atoms with Gasteiger partial charge in [0.15, 0.2) is 5.75 Å². The van der Waals surface area contributed by atoms with E-state index in [9.17, 15) is 4.39 Å². The van der Waals surface area contributed by atoms with Crippen molar-refractivity contribution in [1.29, 1.82) is 0 Å². The van der Waals surface area contributed by atoms with E-state index in [1.165, 1.54) is 6.20 Å². The number of ether oxygens (including phenoxy) is 5. The van der Waals surface area contributed by atoms with E-state index in [0.717, 1.165) is 15.6 Å². The molecule has 4 N–H and O–H groups in total. The van der Waals surface area contributed by atoms with Crippen LogP contribution in [0.4, 0.5) is 4.39 Å². The standard InChI is InChI=1S/C25H25FN4O3.C15H11BrClN3O2/c1-24(2,3)13-32-16-10-19-23(29-11-16)33-20-7-6-15(17-5-4-8-28-22(17)26)9-18(20)25(19)14-31-12-21(27)30-25;16-8-1-2-11-9(3-8)15(7-21-6-14(18)20-15)10-4-13(17)19-5-12(10)22-11/h4-11H,12-14H2,1-3H3,(H2,27,30);1-5H,6-7H2,(H2,18,20)/t25-;15-/m00/s1. The van der Waals surface area contributed by atoms with Crippen LogP contribution >= 0.6 is 27.5 Å². The molecule has 0 aliphatic carbocycles. The Morgan fingerprint density at radius 3 is 2.18 bits per heavy atom. The number of benzene rings is 2. The highest BCUT2D eigenvalue weighted by molar-refractivity contribution is 9.10. The lowest BCUT2D eigenvalue weighted by atomic mass is 9.80. The number of pyridine rings is 3. The molecule has 2 aromatic carbocycles.